The highest BCUT2D eigenvalue weighted by Crippen LogP contribution is 2.35. The molecule has 0 saturated heterocycles. The molecule has 0 amide bonds. The zero-order chi connectivity index (χ0) is 39.0. The number of aryl methyl sites for hydroxylation is 2. The van der Waals surface area contributed by atoms with Crippen LogP contribution in [0.2, 0.25) is 0 Å². The molecule has 0 radical (unpaired) electrons. The first-order chi connectivity index (χ1) is 28.7. The highest BCUT2D eigenvalue weighted by molar-refractivity contribution is 6.15. The Hall–Kier alpha value is -7.22. The van der Waals surface area contributed by atoms with Crippen LogP contribution in [0, 0.1) is 48.5 Å². The van der Waals surface area contributed by atoms with Crippen LogP contribution >= 0.6 is 0 Å². The van der Waals surface area contributed by atoms with Crippen molar-refractivity contribution in [1.29, 1.82) is 0 Å². The maximum atomic E-state index is 3.63. The summed E-state index contributed by atoms with van der Waals surface area (Å²) < 4.78 is 0. The molecule has 0 aromatic heterocycles. The fourth-order valence-electron chi connectivity index (χ4n) is 8.93. The molecule has 0 spiro atoms. The van der Waals surface area contributed by atoms with Crippen molar-refractivity contribution in [2.75, 3.05) is 0 Å². The molecule has 0 aliphatic rings. The van der Waals surface area contributed by atoms with Crippen LogP contribution < -0.4 is 0 Å². The lowest BCUT2D eigenvalue weighted by Crippen LogP contribution is -1.91. The average Bonchev–Trinajstić information content (AvgIpc) is 3.25. The van der Waals surface area contributed by atoms with Gasteiger partial charge in [-0.3, -0.25) is 0 Å². The summed E-state index contributed by atoms with van der Waals surface area (Å²) in [7, 11) is 0. The fourth-order valence-corrected chi connectivity index (χ4v) is 8.93. The number of rotatable bonds is 6. The Morgan fingerprint density at radius 2 is 0.621 bits per heavy atom. The Morgan fingerprint density at radius 1 is 0.310 bits per heavy atom. The van der Waals surface area contributed by atoms with Crippen molar-refractivity contribution >= 4 is 97.0 Å². The monoisotopic (exact) mass is 736 g/mol. The molecule has 0 aliphatic carbocycles. The third-order valence-corrected chi connectivity index (χ3v) is 11.9. The minimum absolute atomic E-state index is 0.984. The van der Waals surface area contributed by atoms with Gasteiger partial charge in [0.15, 0.2) is 0 Å². The second-order valence-corrected chi connectivity index (χ2v) is 15.4. The minimum Gasteiger partial charge on any atom is -0.0654 e. The zero-order valence-electron chi connectivity index (χ0n) is 32.9. The predicted octanol–water partition coefficient (Wildman–Crippen LogP) is 15.4. The van der Waals surface area contributed by atoms with Crippen LogP contribution in [-0.4, -0.2) is 0 Å². The van der Waals surface area contributed by atoms with E-state index in [1.54, 1.807) is 0 Å². The third-order valence-electron chi connectivity index (χ3n) is 11.9. The fraction of sp³-hybridized carbons (Fsp3) is 0.138. The Balaban J connectivity index is 1.35. The number of hydrogen-bond donors (Lipinski definition) is 0. The smallest absolute Gasteiger partial charge is 0.0334 e. The van der Waals surface area contributed by atoms with E-state index in [0.717, 1.165) is 103 Å². The van der Waals surface area contributed by atoms with E-state index in [0.29, 0.717) is 0 Å². The highest BCUT2D eigenvalue weighted by Gasteiger charge is 2.12. The van der Waals surface area contributed by atoms with Gasteiger partial charge < -0.3 is 0 Å². The van der Waals surface area contributed by atoms with E-state index in [2.05, 4.69) is 196 Å². The lowest BCUT2D eigenvalue weighted by Gasteiger charge is -2.12. The molecular formula is C58H40. The van der Waals surface area contributed by atoms with Gasteiger partial charge in [0, 0.05) is 32.3 Å². The van der Waals surface area contributed by atoms with Gasteiger partial charge in [0.05, 0.1) is 0 Å². The first-order valence-corrected chi connectivity index (χ1v) is 20.6. The number of fused-ring (bicyclic) bond motifs is 1. The van der Waals surface area contributed by atoms with Gasteiger partial charge in [0.2, 0.25) is 0 Å². The van der Waals surface area contributed by atoms with Crippen LogP contribution in [0.25, 0.3) is 97.0 Å². The van der Waals surface area contributed by atoms with Gasteiger partial charge in [0.1, 0.15) is 0 Å². The van der Waals surface area contributed by atoms with E-state index < -0.39 is 0 Å². The molecule has 11 rings (SSSR count). The van der Waals surface area contributed by atoms with Crippen molar-refractivity contribution < 1.29 is 0 Å². The first kappa shape index (κ1) is 35.2. The molecule has 0 nitrogen and oxygen atoms in total. The quantitative estimate of drug-likeness (QED) is 0.149. The van der Waals surface area contributed by atoms with Crippen LogP contribution in [0.1, 0.15) is 50.7 Å². The van der Waals surface area contributed by atoms with E-state index in [1.807, 2.05) is 0 Å². The molecule has 0 atom stereocenters. The normalized spacial score (nSPS) is 11.1. The van der Waals surface area contributed by atoms with Crippen LogP contribution in [0.3, 0.4) is 0 Å². The summed E-state index contributed by atoms with van der Waals surface area (Å²) in [5, 5.41) is 20.3. The van der Waals surface area contributed by atoms with Gasteiger partial charge in [-0.2, -0.15) is 0 Å². The lowest BCUT2D eigenvalue weighted by molar-refractivity contribution is 0.802. The Morgan fingerprint density at radius 3 is 0.966 bits per heavy atom. The molecule has 0 N–H and O–H groups in total. The summed E-state index contributed by atoms with van der Waals surface area (Å²) in [6.45, 7) is 4.52. The van der Waals surface area contributed by atoms with Crippen LogP contribution in [0.15, 0.2) is 133 Å². The molecule has 0 heteroatoms. The van der Waals surface area contributed by atoms with Gasteiger partial charge in [-0.15, -0.1) is 0 Å². The maximum Gasteiger partial charge on any atom is 0.0334 e. The molecule has 0 unspecified atom stereocenters. The van der Waals surface area contributed by atoms with E-state index in [9.17, 15) is 0 Å². The molecule has 11 aromatic carbocycles. The minimum atomic E-state index is 0.984. The van der Waals surface area contributed by atoms with Crippen LogP contribution in [0.5, 0.6) is 0 Å². The average molecular weight is 737 g/mol. The molecule has 58 heavy (non-hydrogen) atoms. The Kier molecular flexibility index (Phi) is 9.12. The molecule has 10 bridgehead atoms. The van der Waals surface area contributed by atoms with Crippen LogP contribution in [0.4, 0.5) is 0 Å². The molecule has 0 heterocycles. The summed E-state index contributed by atoms with van der Waals surface area (Å²) in [5.74, 6) is 0. The van der Waals surface area contributed by atoms with Gasteiger partial charge in [-0.1, -0.05) is 136 Å². The van der Waals surface area contributed by atoms with E-state index in [1.165, 1.54) is 43.4 Å². The molecular weight excluding hydrogens is 697 g/mol. The third kappa shape index (κ3) is 6.22. The van der Waals surface area contributed by atoms with Gasteiger partial charge in [-0.25, -0.2) is 0 Å². The molecule has 0 fully saturated rings. The molecule has 11 aromatic rings. The van der Waals surface area contributed by atoms with E-state index in [4.69, 9.17) is 0 Å². The summed E-state index contributed by atoms with van der Waals surface area (Å²) in [5.41, 5.74) is 2.73. The number of unbranched alkanes of at least 4 members (excludes halogenated alkanes) is 2. The summed E-state index contributed by atoms with van der Waals surface area (Å²) >= 11 is 0. The largest absolute Gasteiger partial charge is 0.0654 e. The zero-order valence-corrected chi connectivity index (χ0v) is 32.9. The van der Waals surface area contributed by atoms with E-state index in [-0.39, 0.29) is 0 Å². The van der Waals surface area contributed by atoms with Crippen molar-refractivity contribution in [3.63, 3.8) is 0 Å². The second kappa shape index (κ2) is 15.0. The van der Waals surface area contributed by atoms with Crippen molar-refractivity contribution in [2.45, 2.75) is 52.4 Å². The predicted molar refractivity (Wildman–Crippen MR) is 247 cm³/mol. The van der Waals surface area contributed by atoms with Gasteiger partial charge in [0.25, 0.3) is 0 Å². The first-order valence-electron chi connectivity index (χ1n) is 20.6. The van der Waals surface area contributed by atoms with Gasteiger partial charge in [-0.05, 0) is 174 Å². The van der Waals surface area contributed by atoms with Crippen molar-refractivity contribution in [2.24, 2.45) is 0 Å². The topological polar surface area (TPSA) is 0 Å². The standard InChI is InChI=1S/C58H40/c1-3-5-25-47-49-27-11-19-39-15-7-8-16-40-20-12-28-50-48(26-6-4-2)52-30-14-22-44(58(52)38-56(40)50)34-32-42-18-10-24-46-35-53-41(17-9-23-45(53)36-54(42)46)31-33-43-21-13-29-51(47)57(43)37-55(39)49/h9-14,17-24,27-30,35-38H,3-6,25-26H2,1-2H3. The second-order valence-electron chi connectivity index (χ2n) is 15.4. The molecule has 272 valence electrons. The van der Waals surface area contributed by atoms with E-state index >= 15 is 0 Å². The SMILES string of the molecule is CCCCc1c2cccc3c#cc#cc4cccc5c(CCCC)c6cccc(c#cc7cccc8cc9c(c#cc%10cccc1c%10cc32)cccc9cc78)c6cc45. The summed E-state index contributed by atoms with van der Waals surface area (Å²) in [6.07, 6.45) is 6.48. The van der Waals surface area contributed by atoms with Crippen molar-refractivity contribution in [3.05, 3.63) is 193 Å². The maximum absolute atomic E-state index is 3.63. The Labute approximate surface area is 341 Å². The molecule has 0 saturated carbocycles. The number of hydrogen-bond acceptors (Lipinski definition) is 0. The van der Waals surface area contributed by atoms with Crippen molar-refractivity contribution in [1.82, 2.24) is 0 Å². The summed E-state index contributed by atoms with van der Waals surface area (Å²) in [6, 6.07) is 76.3. The lowest BCUT2D eigenvalue weighted by atomic mass is 9.91. The Bertz CT molecular complexity index is 3140. The van der Waals surface area contributed by atoms with Crippen molar-refractivity contribution in [3.8, 4) is 0 Å². The highest BCUT2D eigenvalue weighted by atomic mass is 14.1. The number of benzene rings is 9. The summed E-state index contributed by atoms with van der Waals surface area (Å²) in [4.78, 5) is 0. The van der Waals surface area contributed by atoms with Crippen LogP contribution in [-0.2, 0) is 12.8 Å². The molecule has 0 aliphatic heterocycles. The van der Waals surface area contributed by atoms with Gasteiger partial charge >= 0.3 is 0 Å².